The lowest BCUT2D eigenvalue weighted by atomic mass is 10.1. The van der Waals surface area contributed by atoms with Crippen molar-refractivity contribution in [2.75, 3.05) is 6.54 Å². The first-order valence-electron chi connectivity index (χ1n) is 8.91. The topological polar surface area (TPSA) is 40.5 Å². The molecule has 3 nitrogen and oxygen atoms in total. The van der Waals surface area contributed by atoms with Crippen molar-refractivity contribution in [3.8, 4) is 0 Å². The van der Waals surface area contributed by atoms with E-state index in [4.69, 9.17) is 0 Å². The molecule has 0 rings (SSSR count). The third kappa shape index (κ3) is 9.73. The summed E-state index contributed by atoms with van der Waals surface area (Å²) in [6.07, 6.45) is 14.4. The normalized spacial score (nSPS) is 12.3. The van der Waals surface area contributed by atoms with Crippen molar-refractivity contribution in [1.29, 1.82) is 0 Å². The molecule has 0 radical (unpaired) electrons. The van der Waals surface area contributed by atoms with Crippen LogP contribution >= 0.6 is 0 Å². The van der Waals surface area contributed by atoms with E-state index in [-0.39, 0.29) is 6.04 Å². The highest BCUT2D eigenvalue weighted by molar-refractivity contribution is 4.50. The summed E-state index contributed by atoms with van der Waals surface area (Å²) < 4.78 is 0. The molecular weight excluding hydrogens is 250 g/mol. The van der Waals surface area contributed by atoms with Crippen LogP contribution in [0.25, 0.3) is 0 Å². The smallest absolute Gasteiger partial charge is 0.151 e. The van der Waals surface area contributed by atoms with Gasteiger partial charge in [-0.2, -0.15) is 10.4 Å². The number of hydrogen-bond acceptors (Lipinski definition) is 2. The van der Waals surface area contributed by atoms with Gasteiger partial charge in [-0.15, -0.1) is 0 Å². The zero-order chi connectivity index (χ0) is 15.3. The SMILES string of the molecule is CCCCCCCCCCCC[N+](O)(O)C(CC)CC. The van der Waals surface area contributed by atoms with E-state index < -0.39 is 4.81 Å². The largest absolute Gasteiger partial charge is 0.182 e. The molecule has 0 saturated heterocycles. The maximum atomic E-state index is 9.99. The molecule has 0 spiro atoms. The first-order chi connectivity index (χ1) is 9.58. The van der Waals surface area contributed by atoms with Crippen molar-refractivity contribution in [3.05, 3.63) is 0 Å². The molecule has 122 valence electrons. The van der Waals surface area contributed by atoms with Gasteiger partial charge in [-0.1, -0.05) is 72.1 Å². The standard InChI is InChI=1S/C17H38NO2/c1-4-7-8-9-10-11-12-13-14-15-16-18(19,20)17(5-2)6-3/h17,19-20H,4-16H2,1-3H3/q+1. The van der Waals surface area contributed by atoms with Gasteiger partial charge in [-0.25, -0.2) is 0 Å². The fraction of sp³-hybridized carbons (Fsp3) is 1.00. The summed E-state index contributed by atoms with van der Waals surface area (Å²) in [7, 11) is 0. The average Bonchev–Trinajstić information content (AvgIpc) is 2.42. The van der Waals surface area contributed by atoms with Crippen molar-refractivity contribution in [2.24, 2.45) is 0 Å². The minimum absolute atomic E-state index is 0.0337. The number of hydroxylamine groups is 4. The molecule has 0 aliphatic heterocycles. The Bertz CT molecular complexity index is 203. The number of unbranched alkanes of at least 4 members (excludes halogenated alkanes) is 9. The quantitative estimate of drug-likeness (QED) is 0.245. The number of hydrogen-bond donors (Lipinski definition) is 2. The number of rotatable bonds is 14. The van der Waals surface area contributed by atoms with E-state index in [2.05, 4.69) is 6.92 Å². The van der Waals surface area contributed by atoms with Gasteiger partial charge in [0.15, 0.2) is 6.04 Å². The fourth-order valence-electron chi connectivity index (χ4n) is 2.89. The van der Waals surface area contributed by atoms with E-state index in [9.17, 15) is 10.4 Å². The molecule has 0 atom stereocenters. The van der Waals surface area contributed by atoms with Gasteiger partial charge >= 0.3 is 0 Å². The molecule has 0 fully saturated rings. The second-order valence-corrected chi connectivity index (χ2v) is 6.16. The molecule has 0 aliphatic rings. The van der Waals surface area contributed by atoms with Gasteiger partial charge in [0.1, 0.15) is 6.54 Å². The Kier molecular flexibility index (Phi) is 12.5. The van der Waals surface area contributed by atoms with Crippen LogP contribution in [0.4, 0.5) is 0 Å². The van der Waals surface area contributed by atoms with Crippen molar-refractivity contribution in [2.45, 2.75) is 104 Å². The van der Waals surface area contributed by atoms with Gasteiger partial charge < -0.3 is 0 Å². The lowest BCUT2D eigenvalue weighted by molar-refractivity contribution is -1.26. The molecule has 0 aromatic carbocycles. The Hall–Kier alpha value is -0.120. The maximum absolute atomic E-state index is 9.99. The molecular formula is C17H38NO2+. The summed E-state index contributed by atoms with van der Waals surface area (Å²) in [5.74, 6) is 0. The molecule has 0 heterocycles. The molecule has 3 heteroatoms. The highest BCUT2D eigenvalue weighted by Gasteiger charge is 2.31. The summed E-state index contributed by atoms with van der Waals surface area (Å²) in [6.45, 7) is 6.77. The van der Waals surface area contributed by atoms with Gasteiger partial charge in [0.05, 0.1) is 0 Å². The number of nitrogens with zero attached hydrogens (tertiary/aromatic N) is 1. The van der Waals surface area contributed by atoms with Crippen LogP contribution in [0.2, 0.25) is 0 Å². The lowest BCUT2D eigenvalue weighted by Crippen LogP contribution is -2.50. The first kappa shape index (κ1) is 19.9. The Morgan fingerprint density at radius 2 is 1.05 bits per heavy atom. The van der Waals surface area contributed by atoms with Crippen molar-refractivity contribution < 1.29 is 15.2 Å². The van der Waals surface area contributed by atoms with Crippen LogP contribution in [0.5, 0.6) is 0 Å². The third-order valence-corrected chi connectivity index (χ3v) is 4.37. The lowest BCUT2D eigenvalue weighted by Gasteiger charge is -2.28. The van der Waals surface area contributed by atoms with Gasteiger partial charge in [-0.05, 0) is 11.2 Å². The molecule has 0 saturated carbocycles. The molecule has 0 unspecified atom stereocenters. The highest BCUT2D eigenvalue weighted by Crippen LogP contribution is 2.16. The summed E-state index contributed by atoms with van der Waals surface area (Å²) >= 11 is 0. The van der Waals surface area contributed by atoms with E-state index in [0.29, 0.717) is 6.54 Å². The van der Waals surface area contributed by atoms with Gasteiger partial charge in [-0.3, -0.25) is 0 Å². The zero-order valence-electron chi connectivity index (χ0n) is 14.1. The van der Waals surface area contributed by atoms with Crippen LogP contribution in [0.1, 0.15) is 97.8 Å². The minimum atomic E-state index is -0.774. The molecule has 0 aromatic rings. The van der Waals surface area contributed by atoms with Gasteiger partial charge in [0.25, 0.3) is 0 Å². The summed E-state index contributed by atoms with van der Waals surface area (Å²) in [6, 6.07) is -0.0337. The molecule has 0 amide bonds. The maximum Gasteiger partial charge on any atom is 0.151 e. The fourth-order valence-corrected chi connectivity index (χ4v) is 2.89. The molecule has 20 heavy (non-hydrogen) atoms. The summed E-state index contributed by atoms with van der Waals surface area (Å²) in [5, 5.41) is 20.0. The van der Waals surface area contributed by atoms with Crippen LogP contribution in [0.15, 0.2) is 0 Å². The monoisotopic (exact) mass is 288 g/mol. The minimum Gasteiger partial charge on any atom is -0.182 e. The van der Waals surface area contributed by atoms with E-state index in [1.807, 2.05) is 13.8 Å². The van der Waals surface area contributed by atoms with Crippen LogP contribution in [-0.4, -0.2) is 27.8 Å². The van der Waals surface area contributed by atoms with Gasteiger partial charge in [0.2, 0.25) is 0 Å². The van der Waals surface area contributed by atoms with Crippen molar-refractivity contribution in [3.63, 3.8) is 0 Å². The highest BCUT2D eigenvalue weighted by atomic mass is 16.8. The predicted molar refractivity (Wildman–Crippen MR) is 84.9 cm³/mol. The van der Waals surface area contributed by atoms with Crippen LogP contribution in [0, 0.1) is 0 Å². The molecule has 0 aliphatic carbocycles. The molecule has 0 bridgehead atoms. The Labute approximate surface area is 126 Å². The third-order valence-electron chi connectivity index (χ3n) is 4.37. The Morgan fingerprint density at radius 1 is 0.650 bits per heavy atom. The van der Waals surface area contributed by atoms with Crippen LogP contribution in [-0.2, 0) is 0 Å². The zero-order valence-corrected chi connectivity index (χ0v) is 14.1. The Morgan fingerprint density at radius 3 is 1.45 bits per heavy atom. The van der Waals surface area contributed by atoms with Crippen LogP contribution in [0.3, 0.4) is 0 Å². The second kappa shape index (κ2) is 12.6. The predicted octanol–water partition coefficient (Wildman–Crippen LogP) is 5.69. The van der Waals surface area contributed by atoms with E-state index in [0.717, 1.165) is 25.7 Å². The molecule has 0 aromatic heterocycles. The van der Waals surface area contributed by atoms with Crippen molar-refractivity contribution in [1.82, 2.24) is 0 Å². The molecule has 2 N–H and O–H groups in total. The second-order valence-electron chi connectivity index (χ2n) is 6.16. The van der Waals surface area contributed by atoms with Gasteiger partial charge in [0, 0.05) is 19.3 Å². The van der Waals surface area contributed by atoms with E-state index in [1.54, 1.807) is 0 Å². The van der Waals surface area contributed by atoms with E-state index in [1.165, 1.54) is 51.4 Å². The first-order valence-corrected chi connectivity index (χ1v) is 8.91. The Balaban J connectivity index is 3.43. The van der Waals surface area contributed by atoms with Crippen molar-refractivity contribution >= 4 is 0 Å². The average molecular weight is 288 g/mol. The van der Waals surface area contributed by atoms with E-state index >= 15 is 0 Å². The summed E-state index contributed by atoms with van der Waals surface area (Å²) in [5.41, 5.74) is 0. The number of quaternary nitrogens is 1. The van der Waals surface area contributed by atoms with Crippen LogP contribution < -0.4 is 0 Å². The summed E-state index contributed by atoms with van der Waals surface area (Å²) in [4.78, 5) is -0.774.